The Hall–Kier alpha value is -1.84. The van der Waals surface area contributed by atoms with Crippen LogP contribution in [0.1, 0.15) is 42.4 Å². The number of aromatic carboxylic acids is 1. The van der Waals surface area contributed by atoms with E-state index >= 15 is 0 Å². The Labute approximate surface area is 112 Å². The van der Waals surface area contributed by atoms with Crippen LogP contribution in [0.25, 0.3) is 11.0 Å². The van der Waals surface area contributed by atoms with E-state index in [0.717, 1.165) is 30.2 Å². The SMILES string of the molecule is CCc1nc2c(C(=O)O)cccc2n1CCC1CC1. The number of nitrogens with zero attached hydrogens (tertiary/aromatic N) is 2. The van der Waals surface area contributed by atoms with Gasteiger partial charge in [-0.25, -0.2) is 9.78 Å². The van der Waals surface area contributed by atoms with E-state index in [1.54, 1.807) is 12.1 Å². The average Bonchev–Trinajstić information content (AvgIpc) is 3.16. The van der Waals surface area contributed by atoms with Gasteiger partial charge in [0.2, 0.25) is 0 Å². The smallest absolute Gasteiger partial charge is 0.337 e. The number of hydrogen-bond donors (Lipinski definition) is 1. The largest absolute Gasteiger partial charge is 0.478 e. The second-order valence-corrected chi connectivity index (χ2v) is 5.24. The second-order valence-electron chi connectivity index (χ2n) is 5.24. The highest BCUT2D eigenvalue weighted by Gasteiger charge is 2.22. The van der Waals surface area contributed by atoms with Gasteiger partial charge in [0.15, 0.2) is 0 Å². The number of rotatable bonds is 5. The number of aryl methyl sites for hydroxylation is 2. The highest BCUT2D eigenvalue weighted by atomic mass is 16.4. The van der Waals surface area contributed by atoms with Crippen molar-refractivity contribution in [3.63, 3.8) is 0 Å². The van der Waals surface area contributed by atoms with E-state index in [2.05, 4.69) is 16.5 Å². The van der Waals surface area contributed by atoms with E-state index in [1.165, 1.54) is 19.3 Å². The van der Waals surface area contributed by atoms with Gasteiger partial charge in [0.05, 0.1) is 11.1 Å². The zero-order valence-electron chi connectivity index (χ0n) is 11.1. The summed E-state index contributed by atoms with van der Waals surface area (Å²) in [6.07, 6.45) is 4.69. The zero-order valence-corrected chi connectivity index (χ0v) is 11.1. The molecule has 4 heteroatoms. The molecule has 1 aliphatic carbocycles. The average molecular weight is 258 g/mol. The molecule has 1 aromatic heterocycles. The van der Waals surface area contributed by atoms with Gasteiger partial charge in [-0.05, 0) is 24.5 Å². The Morgan fingerprint density at radius 1 is 1.47 bits per heavy atom. The van der Waals surface area contributed by atoms with Crippen molar-refractivity contribution >= 4 is 17.0 Å². The van der Waals surface area contributed by atoms with Crippen LogP contribution in [-0.2, 0) is 13.0 Å². The van der Waals surface area contributed by atoms with E-state index in [4.69, 9.17) is 0 Å². The molecule has 1 aliphatic rings. The van der Waals surface area contributed by atoms with E-state index in [9.17, 15) is 9.90 Å². The lowest BCUT2D eigenvalue weighted by atomic mass is 10.2. The van der Waals surface area contributed by atoms with E-state index in [1.807, 2.05) is 6.07 Å². The van der Waals surface area contributed by atoms with Gasteiger partial charge in [-0.15, -0.1) is 0 Å². The molecule has 100 valence electrons. The predicted molar refractivity (Wildman–Crippen MR) is 73.4 cm³/mol. The van der Waals surface area contributed by atoms with Crippen molar-refractivity contribution in [2.45, 2.75) is 39.2 Å². The number of carboxylic acid groups (broad SMARTS) is 1. The lowest BCUT2D eigenvalue weighted by Gasteiger charge is -2.07. The summed E-state index contributed by atoms with van der Waals surface area (Å²) in [4.78, 5) is 15.8. The van der Waals surface area contributed by atoms with Crippen molar-refractivity contribution in [3.05, 3.63) is 29.6 Å². The molecule has 0 amide bonds. The van der Waals surface area contributed by atoms with Gasteiger partial charge >= 0.3 is 5.97 Å². The first-order chi connectivity index (χ1) is 9.20. The monoisotopic (exact) mass is 258 g/mol. The summed E-state index contributed by atoms with van der Waals surface area (Å²) in [5, 5.41) is 9.23. The number of hydrogen-bond acceptors (Lipinski definition) is 2. The maximum absolute atomic E-state index is 11.3. The minimum Gasteiger partial charge on any atom is -0.478 e. The highest BCUT2D eigenvalue weighted by Crippen LogP contribution is 2.33. The van der Waals surface area contributed by atoms with Crippen molar-refractivity contribution in [2.75, 3.05) is 0 Å². The molecule has 19 heavy (non-hydrogen) atoms. The minimum absolute atomic E-state index is 0.303. The minimum atomic E-state index is -0.903. The molecule has 0 bridgehead atoms. The van der Waals surface area contributed by atoms with Crippen LogP contribution in [0, 0.1) is 5.92 Å². The molecule has 1 fully saturated rings. The number of aromatic nitrogens is 2. The maximum atomic E-state index is 11.3. The van der Waals surface area contributed by atoms with Crippen LogP contribution in [0.5, 0.6) is 0 Å². The van der Waals surface area contributed by atoms with Crippen molar-refractivity contribution in [1.29, 1.82) is 0 Å². The van der Waals surface area contributed by atoms with Crippen LogP contribution in [0.4, 0.5) is 0 Å². The van der Waals surface area contributed by atoms with Gasteiger partial charge in [0.25, 0.3) is 0 Å². The summed E-state index contributed by atoms with van der Waals surface area (Å²) in [5.74, 6) is 0.953. The number of imidazole rings is 1. The molecular formula is C15H18N2O2. The third-order valence-corrected chi connectivity index (χ3v) is 3.86. The molecule has 1 N–H and O–H groups in total. The van der Waals surface area contributed by atoms with Crippen LogP contribution in [0.15, 0.2) is 18.2 Å². The first-order valence-corrected chi connectivity index (χ1v) is 6.92. The second kappa shape index (κ2) is 4.68. The van der Waals surface area contributed by atoms with Crippen LogP contribution in [0.2, 0.25) is 0 Å². The molecule has 0 radical (unpaired) electrons. The number of benzene rings is 1. The van der Waals surface area contributed by atoms with Gasteiger partial charge in [-0.3, -0.25) is 0 Å². The molecular weight excluding hydrogens is 240 g/mol. The molecule has 1 aromatic carbocycles. The van der Waals surface area contributed by atoms with Gasteiger partial charge < -0.3 is 9.67 Å². The Morgan fingerprint density at radius 3 is 2.89 bits per heavy atom. The summed E-state index contributed by atoms with van der Waals surface area (Å²) in [7, 11) is 0. The van der Waals surface area contributed by atoms with Crippen molar-refractivity contribution < 1.29 is 9.90 Å². The quantitative estimate of drug-likeness (QED) is 0.896. The van der Waals surface area contributed by atoms with E-state index in [0.29, 0.717) is 11.1 Å². The Balaban J connectivity index is 2.07. The Morgan fingerprint density at radius 2 is 2.26 bits per heavy atom. The predicted octanol–water partition coefficient (Wildman–Crippen LogP) is 3.10. The third kappa shape index (κ3) is 2.23. The zero-order chi connectivity index (χ0) is 13.4. The van der Waals surface area contributed by atoms with Crippen LogP contribution < -0.4 is 0 Å². The van der Waals surface area contributed by atoms with Gasteiger partial charge in [0, 0.05) is 13.0 Å². The molecule has 0 saturated heterocycles. The third-order valence-electron chi connectivity index (χ3n) is 3.86. The molecule has 2 aromatic rings. The molecule has 1 saturated carbocycles. The van der Waals surface area contributed by atoms with Crippen LogP contribution >= 0.6 is 0 Å². The van der Waals surface area contributed by atoms with E-state index < -0.39 is 5.97 Å². The van der Waals surface area contributed by atoms with Gasteiger partial charge in [-0.1, -0.05) is 25.8 Å². The summed E-state index contributed by atoms with van der Waals surface area (Å²) >= 11 is 0. The summed E-state index contributed by atoms with van der Waals surface area (Å²) < 4.78 is 2.19. The van der Waals surface area contributed by atoms with Crippen molar-refractivity contribution in [2.24, 2.45) is 5.92 Å². The highest BCUT2D eigenvalue weighted by molar-refractivity contribution is 6.01. The van der Waals surface area contributed by atoms with Crippen LogP contribution in [-0.4, -0.2) is 20.6 Å². The van der Waals surface area contributed by atoms with Gasteiger partial charge in [0.1, 0.15) is 11.3 Å². The van der Waals surface area contributed by atoms with Gasteiger partial charge in [-0.2, -0.15) is 0 Å². The molecule has 3 rings (SSSR count). The normalized spacial score (nSPS) is 15.0. The molecule has 0 atom stereocenters. The summed E-state index contributed by atoms with van der Waals surface area (Å²) in [5.41, 5.74) is 1.89. The Bertz CT molecular complexity index is 626. The fourth-order valence-electron chi connectivity index (χ4n) is 2.61. The topological polar surface area (TPSA) is 55.1 Å². The molecule has 0 aliphatic heterocycles. The van der Waals surface area contributed by atoms with E-state index in [-0.39, 0.29) is 0 Å². The summed E-state index contributed by atoms with van der Waals surface area (Å²) in [6, 6.07) is 5.41. The first kappa shape index (κ1) is 12.2. The fourth-order valence-corrected chi connectivity index (χ4v) is 2.61. The molecule has 0 unspecified atom stereocenters. The number of carbonyl (C=O) groups is 1. The molecule has 1 heterocycles. The fraction of sp³-hybridized carbons (Fsp3) is 0.467. The first-order valence-electron chi connectivity index (χ1n) is 6.92. The lowest BCUT2D eigenvalue weighted by Crippen LogP contribution is -2.03. The number of carboxylic acids is 1. The van der Waals surface area contributed by atoms with Crippen molar-refractivity contribution in [1.82, 2.24) is 9.55 Å². The maximum Gasteiger partial charge on any atom is 0.337 e. The number of para-hydroxylation sites is 1. The standard InChI is InChI=1S/C15H18N2O2/c1-2-13-16-14-11(15(18)19)4-3-5-12(14)17(13)9-8-10-6-7-10/h3-5,10H,2,6-9H2,1H3,(H,18,19). The summed E-state index contributed by atoms with van der Waals surface area (Å²) in [6.45, 7) is 3.02. The van der Waals surface area contributed by atoms with Crippen molar-refractivity contribution in [3.8, 4) is 0 Å². The molecule has 0 spiro atoms. The molecule has 4 nitrogen and oxygen atoms in total. The lowest BCUT2D eigenvalue weighted by molar-refractivity contribution is 0.0699. The Kier molecular flexibility index (Phi) is 3.01. The van der Waals surface area contributed by atoms with Crippen LogP contribution in [0.3, 0.4) is 0 Å². The number of fused-ring (bicyclic) bond motifs is 1.